The summed E-state index contributed by atoms with van der Waals surface area (Å²) in [6, 6.07) is 26.4. The van der Waals surface area contributed by atoms with Crippen molar-refractivity contribution in [3.05, 3.63) is 102 Å². The Bertz CT molecular complexity index is 1030. The van der Waals surface area contributed by atoms with Crippen LogP contribution in [-0.2, 0) is 12.8 Å². The number of imidazole rings is 1. The number of nitrogens with zero attached hydrogens (tertiary/aromatic N) is 1. The van der Waals surface area contributed by atoms with E-state index in [-0.39, 0.29) is 0 Å². The molecule has 1 unspecified atom stereocenters. The molecule has 0 aliphatic heterocycles. The molecule has 132 valence electrons. The smallest absolute Gasteiger partial charge is 0.0921 e. The molecule has 1 aliphatic carbocycles. The topological polar surface area (TPSA) is 28.7 Å². The quantitative estimate of drug-likeness (QED) is 0.479. The van der Waals surface area contributed by atoms with Crippen LogP contribution in [0.2, 0.25) is 0 Å². The van der Waals surface area contributed by atoms with E-state index in [9.17, 15) is 0 Å². The second-order valence-electron chi connectivity index (χ2n) is 7.35. The molecule has 3 aromatic carbocycles. The van der Waals surface area contributed by atoms with Crippen LogP contribution >= 0.6 is 0 Å². The number of hydrogen-bond acceptors (Lipinski definition) is 1. The van der Waals surface area contributed by atoms with Gasteiger partial charge in [-0.1, -0.05) is 66.7 Å². The summed E-state index contributed by atoms with van der Waals surface area (Å²) < 4.78 is 0. The lowest BCUT2D eigenvalue weighted by molar-refractivity contribution is 0.666. The third-order valence-electron chi connectivity index (χ3n) is 5.67. The van der Waals surface area contributed by atoms with Gasteiger partial charge >= 0.3 is 0 Å². The van der Waals surface area contributed by atoms with E-state index in [0.29, 0.717) is 5.92 Å². The number of benzene rings is 3. The Balaban J connectivity index is 1.63. The molecule has 0 fully saturated rings. The first-order chi connectivity index (χ1) is 13.4. The predicted octanol–water partition coefficient (Wildman–Crippen LogP) is 6.02. The van der Waals surface area contributed by atoms with E-state index in [1.165, 1.54) is 45.5 Å². The van der Waals surface area contributed by atoms with Gasteiger partial charge in [0.15, 0.2) is 0 Å². The summed E-state index contributed by atoms with van der Waals surface area (Å²) in [5, 5.41) is 0. The minimum atomic E-state index is 0.563. The van der Waals surface area contributed by atoms with Gasteiger partial charge in [0.05, 0.1) is 6.33 Å². The van der Waals surface area contributed by atoms with Crippen LogP contribution in [0.15, 0.2) is 85.3 Å². The molecule has 0 saturated heterocycles. The molecule has 0 amide bonds. The molecule has 1 aromatic heterocycles. The number of rotatable bonds is 4. The van der Waals surface area contributed by atoms with E-state index >= 15 is 0 Å². The van der Waals surface area contributed by atoms with Crippen LogP contribution in [0.4, 0.5) is 0 Å². The molecule has 0 radical (unpaired) electrons. The molecular formula is C25H22N2. The predicted molar refractivity (Wildman–Crippen MR) is 111 cm³/mol. The van der Waals surface area contributed by atoms with Crippen molar-refractivity contribution in [1.29, 1.82) is 0 Å². The third kappa shape index (κ3) is 3.08. The number of H-pyrrole nitrogens is 1. The van der Waals surface area contributed by atoms with E-state index in [2.05, 4.69) is 82.8 Å². The first kappa shape index (κ1) is 16.1. The van der Waals surface area contributed by atoms with E-state index in [1.807, 2.05) is 6.20 Å². The minimum Gasteiger partial charge on any atom is -0.348 e. The van der Waals surface area contributed by atoms with Gasteiger partial charge in [0.1, 0.15) is 0 Å². The SMILES string of the molecule is c1ccc(-c2cc3c(cc2-c2ccccc2)C(Cc2cnc[nH]2)CC3)cc1. The normalized spacial score (nSPS) is 15.6. The highest BCUT2D eigenvalue weighted by molar-refractivity contribution is 5.85. The average Bonchev–Trinajstić information content (AvgIpc) is 3.39. The molecule has 1 heterocycles. The molecular weight excluding hydrogens is 328 g/mol. The highest BCUT2D eigenvalue weighted by Gasteiger charge is 2.25. The Hall–Kier alpha value is -3.13. The van der Waals surface area contributed by atoms with Gasteiger partial charge in [-0.25, -0.2) is 4.98 Å². The van der Waals surface area contributed by atoms with Crippen molar-refractivity contribution in [2.75, 3.05) is 0 Å². The summed E-state index contributed by atoms with van der Waals surface area (Å²) in [4.78, 5) is 7.45. The number of nitrogens with one attached hydrogen (secondary N) is 1. The molecule has 1 N–H and O–H groups in total. The number of hydrogen-bond donors (Lipinski definition) is 1. The Kier molecular flexibility index (Phi) is 4.10. The van der Waals surface area contributed by atoms with Crippen molar-refractivity contribution in [2.24, 2.45) is 0 Å². The van der Waals surface area contributed by atoms with Crippen LogP contribution < -0.4 is 0 Å². The average molecular weight is 350 g/mol. The van der Waals surface area contributed by atoms with Gasteiger partial charge in [-0.2, -0.15) is 0 Å². The molecule has 2 nitrogen and oxygen atoms in total. The lowest BCUT2D eigenvalue weighted by Crippen LogP contribution is -2.00. The van der Waals surface area contributed by atoms with Gasteiger partial charge in [0.25, 0.3) is 0 Å². The lowest BCUT2D eigenvalue weighted by Gasteiger charge is -2.16. The van der Waals surface area contributed by atoms with E-state index in [0.717, 1.165) is 12.8 Å². The van der Waals surface area contributed by atoms with Crippen LogP contribution in [0.3, 0.4) is 0 Å². The monoisotopic (exact) mass is 350 g/mol. The zero-order chi connectivity index (χ0) is 18.1. The molecule has 0 spiro atoms. The summed E-state index contributed by atoms with van der Waals surface area (Å²) in [6.45, 7) is 0. The Morgan fingerprint density at radius 1 is 0.852 bits per heavy atom. The van der Waals surface area contributed by atoms with Crippen LogP contribution in [0.1, 0.15) is 29.2 Å². The third-order valence-corrected chi connectivity index (χ3v) is 5.67. The molecule has 27 heavy (non-hydrogen) atoms. The second kappa shape index (κ2) is 6.88. The standard InChI is InChI=1S/C25H22N2/c1-3-7-18(8-4-1)24-14-21-12-11-20(13-22-16-26-17-27-22)23(21)15-25(24)19-9-5-2-6-10-19/h1-10,14-17,20H,11-13H2,(H,26,27). The maximum Gasteiger partial charge on any atom is 0.0921 e. The highest BCUT2D eigenvalue weighted by Crippen LogP contribution is 2.42. The van der Waals surface area contributed by atoms with Crippen molar-refractivity contribution < 1.29 is 0 Å². The van der Waals surface area contributed by atoms with E-state index in [1.54, 1.807) is 6.33 Å². The molecule has 1 atom stereocenters. The maximum absolute atomic E-state index is 4.18. The lowest BCUT2D eigenvalue weighted by atomic mass is 9.88. The maximum atomic E-state index is 4.18. The van der Waals surface area contributed by atoms with Crippen molar-refractivity contribution in [3.63, 3.8) is 0 Å². The fourth-order valence-corrected chi connectivity index (χ4v) is 4.33. The summed E-state index contributed by atoms with van der Waals surface area (Å²) >= 11 is 0. The van der Waals surface area contributed by atoms with E-state index in [4.69, 9.17) is 0 Å². The minimum absolute atomic E-state index is 0.563. The zero-order valence-electron chi connectivity index (χ0n) is 15.2. The molecule has 5 rings (SSSR count). The van der Waals surface area contributed by atoms with Gasteiger partial charge in [0.2, 0.25) is 0 Å². The zero-order valence-corrected chi connectivity index (χ0v) is 15.2. The van der Waals surface area contributed by atoms with Crippen molar-refractivity contribution >= 4 is 0 Å². The summed E-state index contributed by atoms with van der Waals surface area (Å²) in [5.74, 6) is 0.563. The summed E-state index contributed by atoms with van der Waals surface area (Å²) in [6.07, 6.45) is 7.13. The largest absolute Gasteiger partial charge is 0.348 e. The number of aromatic nitrogens is 2. The molecule has 0 bridgehead atoms. The van der Waals surface area contributed by atoms with Crippen molar-refractivity contribution in [1.82, 2.24) is 9.97 Å². The number of aryl methyl sites for hydroxylation is 1. The Labute approximate surface area is 159 Å². The summed E-state index contributed by atoms with van der Waals surface area (Å²) in [5.41, 5.74) is 9.46. The first-order valence-corrected chi connectivity index (χ1v) is 9.63. The van der Waals surface area contributed by atoms with Crippen LogP contribution in [0, 0.1) is 0 Å². The number of aromatic amines is 1. The molecule has 0 saturated carbocycles. The van der Waals surface area contributed by atoms with E-state index < -0.39 is 0 Å². The van der Waals surface area contributed by atoms with Gasteiger partial charge in [-0.3, -0.25) is 0 Å². The fraction of sp³-hybridized carbons (Fsp3) is 0.160. The first-order valence-electron chi connectivity index (χ1n) is 9.63. The molecule has 1 aliphatic rings. The van der Waals surface area contributed by atoms with Crippen LogP contribution in [0.5, 0.6) is 0 Å². The van der Waals surface area contributed by atoms with Gasteiger partial charge in [0, 0.05) is 11.9 Å². The summed E-state index contributed by atoms with van der Waals surface area (Å²) in [7, 11) is 0. The number of fused-ring (bicyclic) bond motifs is 1. The van der Waals surface area contributed by atoms with Gasteiger partial charge in [-0.15, -0.1) is 0 Å². The second-order valence-corrected chi connectivity index (χ2v) is 7.35. The van der Waals surface area contributed by atoms with Gasteiger partial charge < -0.3 is 4.98 Å². The van der Waals surface area contributed by atoms with Crippen LogP contribution in [0.25, 0.3) is 22.3 Å². The highest BCUT2D eigenvalue weighted by atomic mass is 14.9. The van der Waals surface area contributed by atoms with Crippen molar-refractivity contribution in [3.8, 4) is 22.3 Å². The fourth-order valence-electron chi connectivity index (χ4n) is 4.33. The van der Waals surface area contributed by atoms with Gasteiger partial charge in [-0.05, 0) is 64.6 Å². The molecule has 4 aromatic rings. The van der Waals surface area contributed by atoms with Crippen molar-refractivity contribution in [2.45, 2.75) is 25.2 Å². The Morgan fingerprint density at radius 2 is 1.52 bits per heavy atom. The molecule has 2 heteroatoms. The van der Waals surface area contributed by atoms with Crippen LogP contribution in [-0.4, -0.2) is 9.97 Å². The Morgan fingerprint density at radius 3 is 2.15 bits per heavy atom.